The fraction of sp³-hybridized carbons (Fsp3) is 0.308. The van der Waals surface area contributed by atoms with Crippen molar-refractivity contribution in [3.63, 3.8) is 0 Å². The summed E-state index contributed by atoms with van der Waals surface area (Å²) in [5.74, 6) is -1.31. The van der Waals surface area contributed by atoms with Gasteiger partial charge in [0.25, 0.3) is 5.91 Å². The van der Waals surface area contributed by atoms with Gasteiger partial charge in [-0.3, -0.25) is 10.1 Å². The number of amides is 1. The van der Waals surface area contributed by atoms with Crippen LogP contribution >= 0.6 is 11.3 Å². The third kappa shape index (κ3) is 4.22. The minimum Gasteiger partial charge on any atom is -0.478 e. The van der Waals surface area contributed by atoms with Crippen molar-refractivity contribution < 1.29 is 24.2 Å². The molecule has 7 nitrogen and oxygen atoms in total. The number of carbonyl (C=O) groups is 2. The molecule has 0 radical (unpaired) electrons. The maximum atomic E-state index is 11.6. The molecule has 2 aromatic rings. The zero-order chi connectivity index (χ0) is 15.2. The number of aromatic carboxylic acids is 1. The van der Waals surface area contributed by atoms with E-state index in [1.807, 2.05) is 0 Å². The Bertz CT molecular complexity index is 655. The van der Waals surface area contributed by atoms with Gasteiger partial charge in [-0.1, -0.05) is 11.3 Å². The molecule has 112 valence electrons. The summed E-state index contributed by atoms with van der Waals surface area (Å²) in [6.07, 6.45) is 0. The highest BCUT2D eigenvalue weighted by Crippen LogP contribution is 2.26. The number of carboxylic acids is 1. The Morgan fingerprint density at radius 3 is 2.90 bits per heavy atom. The molecule has 0 unspecified atom stereocenters. The van der Waals surface area contributed by atoms with E-state index < -0.39 is 5.97 Å². The number of benzene rings is 1. The monoisotopic (exact) mass is 310 g/mol. The molecule has 0 aliphatic heterocycles. The maximum Gasteiger partial charge on any atom is 0.335 e. The Morgan fingerprint density at radius 2 is 2.19 bits per heavy atom. The van der Waals surface area contributed by atoms with Gasteiger partial charge in [-0.2, -0.15) is 0 Å². The van der Waals surface area contributed by atoms with Crippen LogP contribution < -0.4 is 5.32 Å². The van der Waals surface area contributed by atoms with E-state index >= 15 is 0 Å². The third-order valence-electron chi connectivity index (χ3n) is 2.55. The molecule has 1 aromatic carbocycles. The molecule has 0 aliphatic rings. The van der Waals surface area contributed by atoms with Gasteiger partial charge in [0.05, 0.1) is 29.0 Å². The molecule has 1 aromatic heterocycles. The van der Waals surface area contributed by atoms with Gasteiger partial charge in [0.2, 0.25) is 0 Å². The quantitative estimate of drug-likeness (QED) is 0.754. The lowest BCUT2D eigenvalue weighted by molar-refractivity contribution is -0.121. The van der Waals surface area contributed by atoms with Crippen LogP contribution in [0.4, 0.5) is 5.13 Å². The summed E-state index contributed by atoms with van der Waals surface area (Å²) in [6.45, 7) is 0.678. The van der Waals surface area contributed by atoms with Gasteiger partial charge < -0.3 is 14.6 Å². The number of nitrogens with one attached hydrogen (secondary N) is 1. The second-order valence-corrected chi connectivity index (χ2v) is 5.13. The van der Waals surface area contributed by atoms with Crippen molar-refractivity contribution in [2.24, 2.45) is 0 Å². The Kier molecular flexibility index (Phi) is 5.20. The number of rotatable bonds is 7. The summed E-state index contributed by atoms with van der Waals surface area (Å²) >= 11 is 1.21. The number of thiazole rings is 1. The van der Waals surface area contributed by atoms with Crippen molar-refractivity contribution in [1.82, 2.24) is 4.98 Å². The summed E-state index contributed by atoms with van der Waals surface area (Å²) in [5, 5.41) is 11.9. The van der Waals surface area contributed by atoms with Crippen LogP contribution in [0, 0.1) is 0 Å². The van der Waals surface area contributed by atoms with Crippen molar-refractivity contribution in [2.45, 2.75) is 0 Å². The van der Waals surface area contributed by atoms with E-state index in [2.05, 4.69) is 10.3 Å². The molecule has 0 atom stereocenters. The van der Waals surface area contributed by atoms with Crippen LogP contribution in [0.15, 0.2) is 18.2 Å². The molecule has 0 saturated heterocycles. The summed E-state index contributed by atoms with van der Waals surface area (Å²) in [6, 6.07) is 4.62. The first-order valence-electron chi connectivity index (χ1n) is 6.10. The molecule has 8 heteroatoms. The van der Waals surface area contributed by atoms with Crippen LogP contribution in [0.25, 0.3) is 10.2 Å². The highest BCUT2D eigenvalue weighted by atomic mass is 32.1. The molecule has 2 rings (SSSR count). The van der Waals surface area contributed by atoms with Crippen molar-refractivity contribution in [3.8, 4) is 0 Å². The Morgan fingerprint density at radius 1 is 1.38 bits per heavy atom. The minimum atomic E-state index is -0.998. The van der Waals surface area contributed by atoms with Gasteiger partial charge in [0.1, 0.15) is 6.61 Å². The first kappa shape index (κ1) is 15.4. The third-order valence-corrected chi connectivity index (χ3v) is 3.48. The van der Waals surface area contributed by atoms with Crippen LogP contribution in [0.1, 0.15) is 10.4 Å². The molecule has 21 heavy (non-hydrogen) atoms. The number of carboxylic acid groups (broad SMARTS) is 1. The average Bonchev–Trinajstić information content (AvgIpc) is 2.84. The van der Waals surface area contributed by atoms with Crippen LogP contribution in [0.3, 0.4) is 0 Å². The van der Waals surface area contributed by atoms with E-state index in [0.717, 1.165) is 0 Å². The SMILES string of the molecule is COCCOCC(=O)Nc1nc2ccc(C(=O)O)cc2s1. The van der Waals surface area contributed by atoms with Crippen molar-refractivity contribution in [1.29, 1.82) is 0 Å². The summed E-state index contributed by atoms with van der Waals surface area (Å²) in [4.78, 5) is 26.7. The van der Waals surface area contributed by atoms with Crippen LogP contribution in [0.5, 0.6) is 0 Å². The van der Waals surface area contributed by atoms with Crippen LogP contribution in [-0.4, -0.2) is 48.9 Å². The number of aromatic nitrogens is 1. The standard InChI is InChI=1S/C13H14N2O5S/c1-19-4-5-20-7-11(16)15-13-14-9-3-2-8(12(17)18)6-10(9)21-13/h2-3,6H,4-5,7H2,1H3,(H,17,18)(H,14,15,16). The number of hydrogen-bond donors (Lipinski definition) is 2. The number of anilines is 1. The summed E-state index contributed by atoms with van der Waals surface area (Å²) < 4.78 is 10.6. The van der Waals surface area contributed by atoms with Crippen LogP contribution in [-0.2, 0) is 14.3 Å². The van der Waals surface area contributed by atoms with E-state index in [9.17, 15) is 9.59 Å². The highest BCUT2D eigenvalue weighted by molar-refractivity contribution is 7.22. The highest BCUT2D eigenvalue weighted by Gasteiger charge is 2.10. The van der Waals surface area contributed by atoms with E-state index in [1.165, 1.54) is 23.5 Å². The predicted molar refractivity (Wildman–Crippen MR) is 77.9 cm³/mol. The van der Waals surface area contributed by atoms with Gasteiger partial charge in [0, 0.05) is 7.11 Å². The van der Waals surface area contributed by atoms with E-state index in [1.54, 1.807) is 13.2 Å². The van der Waals surface area contributed by atoms with Gasteiger partial charge in [-0.15, -0.1) is 0 Å². The number of hydrogen-bond acceptors (Lipinski definition) is 6. The topological polar surface area (TPSA) is 97.8 Å². The predicted octanol–water partition coefficient (Wildman–Crippen LogP) is 1.60. The fourth-order valence-electron chi connectivity index (χ4n) is 1.57. The lowest BCUT2D eigenvalue weighted by atomic mass is 10.2. The molecule has 0 saturated carbocycles. The number of ether oxygens (including phenoxy) is 2. The lowest BCUT2D eigenvalue weighted by Crippen LogP contribution is -2.19. The zero-order valence-corrected chi connectivity index (χ0v) is 12.1. The zero-order valence-electron chi connectivity index (χ0n) is 11.3. The second kappa shape index (κ2) is 7.11. The Balaban J connectivity index is 1.99. The molecule has 1 amide bonds. The first-order valence-corrected chi connectivity index (χ1v) is 6.92. The molecule has 2 N–H and O–H groups in total. The lowest BCUT2D eigenvalue weighted by Gasteiger charge is -2.02. The second-order valence-electron chi connectivity index (χ2n) is 4.10. The van der Waals surface area contributed by atoms with Crippen LogP contribution in [0.2, 0.25) is 0 Å². The smallest absolute Gasteiger partial charge is 0.335 e. The Hall–Kier alpha value is -2.03. The van der Waals surface area contributed by atoms with Gasteiger partial charge >= 0.3 is 5.97 Å². The van der Waals surface area contributed by atoms with E-state index in [0.29, 0.717) is 28.6 Å². The molecule has 0 aliphatic carbocycles. The van der Waals surface area contributed by atoms with Gasteiger partial charge in [-0.25, -0.2) is 9.78 Å². The number of methoxy groups -OCH3 is 1. The first-order chi connectivity index (χ1) is 10.1. The normalized spacial score (nSPS) is 10.7. The van der Waals surface area contributed by atoms with Crippen molar-refractivity contribution in [2.75, 3.05) is 32.2 Å². The summed E-state index contributed by atoms with van der Waals surface area (Å²) in [5.41, 5.74) is 0.826. The maximum absolute atomic E-state index is 11.6. The minimum absolute atomic E-state index is 0.0837. The molecule has 0 spiro atoms. The van der Waals surface area contributed by atoms with E-state index in [-0.39, 0.29) is 18.1 Å². The van der Waals surface area contributed by atoms with Crippen molar-refractivity contribution in [3.05, 3.63) is 23.8 Å². The molecular weight excluding hydrogens is 296 g/mol. The molecular formula is C13H14N2O5S. The van der Waals surface area contributed by atoms with E-state index in [4.69, 9.17) is 14.6 Å². The van der Waals surface area contributed by atoms with Gasteiger partial charge in [0.15, 0.2) is 5.13 Å². The molecule has 0 bridgehead atoms. The Labute approximate surface area is 124 Å². The average molecular weight is 310 g/mol. The number of carbonyl (C=O) groups excluding carboxylic acids is 1. The summed E-state index contributed by atoms with van der Waals surface area (Å²) in [7, 11) is 1.55. The number of fused-ring (bicyclic) bond motifs is 1. The molecule has 0 fully saturated rings. The van der Waals surface area contributed by atoms with Gasteiger partial charge in [-0.05, 0) is 18.2 Å². The largest absolute Gasteiger partial charge is 0.478 e. The fourth-order valence-corrected chi connectivity index (χ4v) is 2.49. The molecule has 1 heterocycles. The van der Waals surface area contributed by atoms with Crippen molar-refractivity contribution >= 4 is 38.6 Å². The number of nitrogens with zero attached hydrogens (tertiary/aromatic N) is 1.